The van der Waals surface area contributed by atoms with Crippen LogP contribution in [0, 0.1) is 13.8 Å². The average Bonchev–Trinajstić information content (AvgIpc) is 2.65. The van der Waals surface area contributed by atoms with E-state index in [-0.39, 0.29) is 0 Å². The molecule has 0 heteroatoms. The molecule has 0 radical (unpaired) electrons. The maximum Gasteiger partial charge on any atom is -0.0279 e. The number of benzene rings is 2. The standard InChI is InChI=1S/C27H40/c1-24-16-14-20-26(22-24)18-12-10-8-6-4-3-5-7-9-11-13-19-27-21-15-17-25(2)23-27/h14-17,20-23H,3-13,18-19H2,1-2H3. The molecule has 0 heterocycles. The molecule has 2 aromatic rings. The van der Waals surface area contributed by atoms with E-state index in [1.54, 1.807) is 0 Å². The Kier molecular flexibility index (Phi) is 10.9. The monoisotopic (exact) mass is 364 g/mol. The second-order valence-electron chi connectivity index (χ2n) is 8.37. The first-order chi connectivity index (χ1) is 13.2. The van der Waals surface area contributed by atoms with Crippen molar-refractivity contribution in [1.82, 2.24) is 0 Å². The zero-order valence-electron chi connectivity index (χ0n) is 17.8. The van der Waals surface area contributed by atoms with E-state index in [9.17, 15) is 0 Å². The largest absolute Gasteiger partial charge is 0.0617 e. The van der Waals surface area contributed by atoms with Crippen LogP contribution in [0.4, 0.5) is 0 Å². The van der Waals surface area contributed by atoms with Gasteiger partial charge < -0.3 is 0 Å². The molecule has 0 aliphatic rings. The highest BCUT2D eigenvalue weighted by Crippen LogP contribution is 2.14. The molecule has 2 rings (SSSR count). The fourth-order valence-corrected chi connectivity index (χ4v) is 3.98. The maximum absolute atomic E-state index is 2.33. The minimum atomic E-state index is 1.25. The zero-order valence-corrected chi connectivity index (χ0v) is 17.8. The molecule has 0 saturated carbocycles. The predicted octanol–water partition coefficient (Wildman–Crippen LogP) is 8.38. The molecular weight excluding hydrogens is 324 g/mol. The van der Waals surface area contributed by atoms with Gasteiger partial charge >= 0.3 is 0 Å². The number of hydrogen-bond donors (Lipinski definition) is 0. The van der Waals surface area contributed by atoms with E-state index in [0.717, 1.165) is 0 Å². The fraction of sp³-hybridized carbons (Fsp3) is 0.556. The molecule has 0 atom stereocenters. The summed E-state index contributed by atoms with van der Waals surface area (Å²) in [4.78, 5) is 0. The van der Waals surface area contributed by atoms with Gasteiger partial charge in [-0.3, -0.25) is 0 Å². The molecule has 0 fully saturated rings. The van der Waals surface area contributed by atoms with Crippen LogP contribution >= 0.6 is 0 Å². The summed E-state index contributed by atoms with van der Waals surface area (Å²) in [7, 11) is 0. The maximum atomic E-state index is 2.33. The highest BCUT2D eigenvalue weighted by atomic mass is 14.0. The molecular formula is C27H40. The van der Waals surface area contributed by atoms with Crippen molar-refractivity contribution in [2.75, 3.05) is 0 Å². The van der Waals surface area contributed by atoms with Gasteiger partial charge in [-0.05, 0) is 50.7 Å². The zero-order chi connectivity index (χ0) is 19.2. The highest BCUT2D eigenvalue weighted by Gasteiger charge is 1.97. The van der Waals surface area contributed by atoms with Gasteiger partial charge in [0.05, 0.1) is 0 Å². The summed E-state index contributed by atoms with van der Waals surface area (Å²) in [6.45, 7) is 4.38. The second-order valence-corrected chi connectivity index (χ2v) is 8.37. The normalized spacial score (nSPS) is 11.0. The predicted molar refractivity (Wildman–Crippen MR) is 121 cm³/mol. The molecule has 0 bridgehead atoms. The van der Waals surface area contributed by atoms with Crippen molar-refractivity contribution in [3.8, 4) is 0 Å². The van der Waals surface area contributed by atoms with Crippen LogP contribution in [0.5, 0.6) is 0 Å². The van der Waals surface area contributed by atoms with Gasteiger partial charge in [-0.1, -0.05) is 117 Å². The van der Waals surface area contributed by atoms with Crippen LogP contribution in [0.3, 0.4) is 0 Å². The molecule has 0 saturated heterocycles. The van der Waals surface area contributed by atoms with Gasteiger partial charge in [0.25, 0.3) is 0 Å². The van der Waals surface area contributed by atoms with E-state index in [4.69, 9.17) is 0 Å². The van der Waals surface area contributed by atoms with Crippen molar-refractivity contribution in [1.29, 1.82) is 0 Å². The van der Waals surface area contributed by atoms with Gasteiger partial charge in [0.1, 0.15) is 0 Å². The van der Waals surface area contributed by atoms with Gasteiger partial charge in [-0.15, -0.1) is 0 Å². The topological polar surface area (TPSA) is 0 Å². The van der Waals surface area contributed by atoms with E-state index in [0.29, 0.717) is 0 Å². The van der Waals surface area contributed by atoms with E-state index in [1.165, 1.54) is 106 Å². The Morgan fingerprint density at radius 2 is 0.778 bits per heavy atom. The Morgan fingerprint density at radius 1 is 0.444 bits per heavy atom. The summed E-state index contributed by atoms with van der Waals surface area (Å²) in [5.74, 6) is 0. The third-order valence-corrected chi connectivity index (χ3v) is 5.60. The lowest BCUT2D eigenvalue weighted by Gasteiger charge is -2.05. The number of rotatable bonds is 14. The van der Waals surface area contributed by atoms with Crippen LogP contribution in [0.1, 0.15) is 92.9 Å². The van der Waals surface area contributed by atoms with Crippen LogP contribution < -0.4 is 0 Å². The molecule has 0 aromatic heterocycles. The lowest BCUT2D eigenvalue weighted by Crippen LogP contribution is -1.88. The average molecular weight is 365 g/mol. The summed E-state index contributed by atoms with van der Waals surface area (Å²) in [6.07, 6.45) is 18.0. The van der Waals surface area contributed by atoms with Gasteiger partial charge in [0.15, 0.2) is 0 Å². The van der Waals surface area contributed by atoms with Crippen LogP contribution in [-0.2, 0) is 12.8 Å². The van der Waals surface area contributed by atoms with Gasteiger partial charge in [0, 0.05) is 0 Å². The summed E-state index contributed by atoms with van der Waals surface area (Å²) in [6, 6.07) is 18.0. The molecule has 0 aliphatic carbocycles. The van der Waals surface area contributed by atoms with Crippen LogP contribution in [0.2, 0.25) is 0 Å². The molecule has 0 spiro atoms. The van der Waals surface area contributed by atoms with E-state index in [2.05, 4.69) is 62.4 Å². The van der Waals surface area contributed by atoms with Crippen molar-refractivity contribution >= 4 is 0 Å². The van der Waals surface area contributed by atoms with Gasteiger partial charge in [0.2, 0.25) is 0 Å². The summed E-state index contributed by atoms with van der Waals surface area (Å²) < 4.78 is 0. The van der Waals surface area contributed by atoms with E-state index >= 15 is 0 Å². The first-order valence-electron chi connectivity index (χ1n) is 11.3. The van der Waals surface area contributed by atoms with Crippen LogP contribution in [0.25, 0.3) is 0 Å². The lowest BCUT2D eigenvalue weighted by atomic mass is 10.0. The first-order valence-corrected chi connectivity index (χ1v) is 11.3. The third-order valence-electron chi connectivity index (χ3n) is 5.60. The molecule has 0 N–H and O–H groups in total. The van der Waals surface area contributed by atoms with E-state index < -0.39 is 0 Å². The summed E-state index contributed by atoms with van der Waals surface area (Å²) in [5, 5.41) is 0. The highest BCUT2D eigenvalue weighted by molar-refractivity contribution is 5.22. The molecule has 0 nitrogen and oxygen atoms in total. The Morgan fingerprint density at radius 3 is 1.11 bits per heavy atom. The van der Waals surface area contributed by atoms with Crippen molar-refractivity contribution in [2.45, 2.75) is 97.3 Å². The number of unbranched alkanes of at least 4 members (excludes halogenated alkanes) is 10. The molecule has 27 heavy (non-hydrogen) atoms. The number of hydrogen-bond acceptors (Lipinski definition) is 0. The van der Waals surface area contributed by atoms with Crippen LogP contribution in [-0.4, -0.2) is 0 Å². The first kappa shape index (κ1) is 21.7. The molecule has 0 aliphatic heterocycles. The van der Waals surface area contributed by atoms with E-state index in [1.807, 2.05) is 0 Å². The fourth-order valence-electron chi connectivity index (χ4n) is 3.98. The smallest absolute Gasteiger partial charge is 0.0279 e. The molecule has 2 aromatic carbocycles. The third kappa shape index (κ3) is 10.4. The van der Waals surface area contributed by atoms with Crippen molar-refractivity contribution < 1.29 is 0 Å². The Labute approximate surface area is 168 Å². The van der Waals surface area contributed by atoms with Gasteiger partial charge in [-0.25, -0.2) is 0 Å². The SMILES string of the molecule is Cc1cccc(CCCCCCCCCCCCCc2cccc(C)c2)c1. The molecule has 148 valence electrons. The Balaban J connectivity index is 1.33. The Hall–Kier alpha value is -1.56. The number of aryl methyl sites for hydroxylation is 4. The summed E-state index contributed by atoms with van der Waals surface area (Å²) >= 11 is 0. The summed E-state index contributed by atoms with van der Waals surface area (Å²) in [5.41, 5.74) is 5.81. The minimum Gasteiger partial charge on any atom is -0.0617 e. The van der Waals surface area contributed by atoms with Crippen molar-refractivity contribution in [3.05, 3.63) is 70.8 Å². The van der Waals surface area contributed by atoms with Crippen molar-refractivity contribution in [2.24, 2.45) is 0 Å². The molecule has 0 unspecified atom stereocenters. The van der Waals surface area contributed by atoms with Gasteiger partial charge in [-0.2, -0.15) is 0 Å². The minimum absolute atomic E-state index is 1.25. The molecule has 0 amide bonds. The Bertz CT molecular complexity index is 570. The lowest BCUT2D eigenvalue weighted by molar-refractivity contribution is 0.545. The quantitative estimate of drug-likeness (QED) is 0.295. The van der Waals surface area contributed by atoms with Crippen LogP contribution in [0.15, 0.2) is 48.5 Å². The second kappa shape index (κ2) is 13.6. The van der Waals surface area contributed by atoms with Crippen molar-refractivity contribution in [3.63, 3.8) is 0 Å².